The Labute approximate surface area is 180 Å². The average molecular weight is 409 g/mol. The third-order valence-corrected chi connectivity index (χ3v) is 5.33. The maximum absolute atomic E-state index is 5.24. The summed E-state index contributed by atoms with van der Waals surface area (Å²) in [5.41, 5.74) is 5.52. The van der Waals surface area contributed by atoms with Gasteiger partial charge in [-0.2, -0.15) is 5.10 Å². The first-order chi connectivity index (χ1) is 15.2. The zero-order valence-corrected chi connectivity index (χ0v) is 17.5. The first kappa shape index (κ1) is 18.9. The summed E-state index contributed by atoms with van der Waals surface area (Å²) in [5, 5.41) is 8.85. The fourth-order valence-electron chi connectivity index (χ4n) is 3.77. The van der Waals surface area contributed by atoms with Crippen LogP contribution in [0, 0.1) is 0 Å². The van der Waals surface area contributed by atoms with Crippen molar-refractivity contribution in [3.8, 4) is 17.0 Å². The fourth-order valence-corrected chi connectivity index (χ4v) is 3.77. The maximum Gasteiger partial charge on any atom is 0.132 e. The first-order valence-corrected chi connectivity index (χ1v) is 10.1. The number of hydrogen-bond acceptors (Lipinski definition) is 4. The van der Waals surface area contributed by atoms with E-state index >= 15 is 0 Å². The van der Waals surface area contributed by atoms with Crippen LogP contribution < -0.4 is 10.1 Å². The van der Waals surface area contributed by atoms with Crippen LogP contribution in [0.4, 0.5) is 11.5 Å². The molecule has 0 fully saturated rings. The van der Waals surface area contributed by atoms with Gasteiger partial charge in [0.15, 0.2) is 0 Å². The minimum Gasteiger partial charge on any atom is -0.497 e. The van der Waals surface area contributed by atoms with Crippen molar-refractivity contribution in [2.24, 2.45) is 7.05 Å². The summed E-state index contributed by atoms with van der Waals surface area (Å²) in [4.78, 5) is 4.63. The highest BCUT2D eigenvalue weighted by Gasteiger charge is 2.14. The van der Waals surface area contributed by atoms with Crippen molar-refractivity contribution >= 4 is 22.4 Å². The molecule has 1 N–H and O–H groups in total. The maximum atomic E-state index is 5.24. The Morgan fingerprint density at radius 3 is 2.48 bits per heavy atom. The van der Waals surface area contributed by atoms with Crippen molar-refractivity contribution in [2.45, 2.75) is 6.54 Å². The van der Waals surface area contributed by atoms with Crippen LogP contribution >= 0.6 is 0 Å². The Hall–Kier alpha value is -4.06. The number of pyridine rings is 1. The molecule has 0 aliphatic rings. The number of fused-ring (bicyclic) bond motifs is 1. The first-order valence-electron chi connectivity index (χ1n) is 10.1. The average Bonchev–Trinajstić information content (AvgIpc) is 3.38. The number of ether oxygens (including phenoxy) is 1. The molecule has 0 saturated carbocycles. The summed E-state index contributed by atoms with van der Waals surface area (Å²) in [6.45, 7) is 0.764. The largest absolute Gasteiger partial charge is 0.497 e. The van der Waals surface area contributed by atoms with E-state index in [0.29, 0.717) is 0 Å². The van der Waals surface area contributed by atoms with Gasteiger partial charge in [0, 0.05) is 48.7 Å². The Balaban J connectivity index is 1.57. The molecule has 3 heterocycles. The monoisotopic (exact) mass is 409 g/mol. The third-order valence-electron chi connectivity index (χ3n) is 5.33. The van der Waals surface area contributed by atoms with Gasteiger partial charge in [-0.1, -0.05) is 30.3 Å². The number of methoxy groups -OCH3 is 1. The van der Waals surface area contributed by atoms with Crippen molar-refractivity contribution in [2.75, 3.05) is 12.4 Å². The number of aryl methyl sites for hydroxylation is 1. The molecular formula is C25H23N5O. The molecule has 6 nitrogen and oxygen atoms in total. The molecule has 3 aromatic heterocycles. The summed E-state index contributed by atoms with van der Waals surface area (Å²) in [6, 6.07) is 22.6. The van der Waals surface area contributed by atoms with Crippen LogP contribution in [-0.4, -0.2) is 26.4 Å². The standard InChI is InChI=1S/C25H23N5O/c1-29-17-20(15-27-29)23-12-19-14-26-25(28-21-8-10-22(31-2)11-9-21)13-24(19)30(23)16-18-6-4-3-5-7-18/h3-15,17H,16H2,1-2H3,(H,26,28). The van der Waals surface area contributed by atoms with Crippen LogP contribution in [0.25, 0.3) is 22.2 Å². The molecule has 154 valence electrons. The lowest BCUT2D eigenvalue weighted by molar-refractivity contribution is 0.415. The molecule has 5 aromatic rings. The van der Waals surface area contributed by atoms with Gasteiger partial charge in [-0.3, -0.25) is 4.68 Å². The second-order valence-electron chi connectivity index (χ2n) is 7.49. The predicted octanol–water partition coefficient (Wildman–Crippen LogP) is 5.24. The molecule has 0 aliphatic heterocycles. The number of rotatable bonds is 6. The molecule has 0 bridgehead atoms. The Bertz CT molecular complexity index is 1320. The van der Waals surface area contributed by atoms with Gasteiger partial charge >= 0.3 is 0 Å². The van der Waals surface area contributed by atoms with Crippen LogP contribution in [0.15, 0.2) is 85.3 Å². The van der Waals surface area contributed by atoms with Crippen LogP contribution in [0.3, 0.4) is 0 Å². The highest BCUT2D eigenvalue weighted by atomic mass is 16.5. The highest BCUT2D eigenvalue weighted by molar-refractivity contribution is 5.88. The van der Waals surface area contributed by atoms with E-state index in [4.69, 9.17) is 4.74 Å². The Morgan fingerprint density at radius 2 is 1.77 bits per heavy atom. The smallest absolute Gasteiger partial charge is 0.132 e. The van der Waals surface area contributed by atoms with Gasteiger partial charge in [0.05, 0.1) is 24.5 Å². The van der Waals surface area contributed by atoms with E-state index in [1.54, 1.807) is 7.11 Å². The van der Waals surface area contributed by atoms with E-state index in [9.17, 15) is 0 Å². The topological polar surface area (TPSA) is 56.9 Å². The van der Waals surface area contributed by atoms with Crippen molar-refractivity contribution in [3.63, 3.8) is 0 Å². The number of anilines is 2. The van der Waals surface area contributed by atoms with Crippen molar-refractivity contribution in [3.05, 3.63) is 90.9 Å². The van der Waals surface area contributed by atoms with Gasteiger partial charge in [0.25, 0.3) is 0 Å². The summed E-state index contributed by atoms with van der Waals surface area (Å²) in [7, 11) is 3.60. The van der Waals surface area contributed by atoms with E-state index in [2.05, 4.69) is 56.4 Å². The molecule has 0 spiro atoms. The highest BCUT2D eigenvalue weighted by Crippen LogP contribution is 2.30. The molecule has 0 aliphatic carbocycles. The lowest BCUT2D eigenvalue weighted by atomic mass is 10.2. The zero-order valence-electron chi connectivity index (χ0n) is 17.5. The molecule has 0 saturated heterocycles. The summed E-state index contributed by atoms with van der Waals surface area (Å²) >= 11 is 0. The molecule has 6 heteroatoms. The molecule has 0 amide bonds. The van der Waals surface area contributed by atoms with Crippen LogP contribution in [0.1, 0.15) is 5.56 Å². The van der Waals surface area contributed by atoms with Crippen LogP contribution in [0.5, 0.6) is 5.75 Å². The van der Waals surface area contributed by atoms with Gasteiger partial charge in [0.1, 0.15) is 11.6 Å². The van der Waals surface area contributed by atoms with E-state index < -0.39 is 0 Å². The summed E-state index contributed by atoms with van der Waals surface area (Å²) < 4.78 is 9.39. The van der Waals surface area contributed by atoms with Gasteiger partial charge in [-0.05, 0) is 35.9 Å². The van der Waals surface area contributed by atoms with Gasteiger partial charge in [0.2, 0.25) is 0 Å². The summed E-state index contributed by atoms with van der Waals surface area (Å²) in [6.07, 6.45) is 5.86. The van der Waals surface area contributed by atoms with E-state index in [1.165, 1.54) is 5.56 Å². The molecule has 0 radical (unpaired) electrons. The quantitative estimate of drug-likeness (QED) is 0.417. The molecule has 2 aromatic carbocycles. The second-order valence-corrected chi connectivity index (χ2v) is 7.49. The molecule has 31 heavy (non-hydrogen) atoms. The van der Waals surface area contributed by atoms with Crippen molar-refractivity contribution < 1.29 is 4.74 Å². The number of nitrogens with one attached hydrogen (secondary N) is 1. The molecule has 0 unspecified atom stereocenters. The molecule has 0 atom stereocenters. The summed E-state index contributed by atoms with van der Waals surface area (Å²) in [5.74, 6) is 1.62. The number of hydrogen-bond donors (Lipinski definition) is 1. The lowest BCUT2D eigenvalue weighted by Crippen LogP contribution is -2.02. The predicted molar refractivity (Wildman–Crippen MR) is 124 cm³/mol. The van der Waals surface area contributed by atoms with Crippen molar-refractivity contribution in [1.29, 1.82) is 0 Å². The molecule has 5 rings (SSSR count). The van der Waals surface area contributed by atoms with Gasteiger partial charge < -0.3 is 14.6 Å². The van der Waals surface area contributed by atoms with Gasteiger partial charge in [-0.25, -0.2) is 4.98 Å². The zero-order chi connectivity index (χ0) is 21.2. The Morgan fingerprint density at radius 1 is 0.968 bits per heavy atom. The van der Waals surface area contributed by atoms with Crippen LogP contribution in [0.2, 0.25) is 0 Å². The Kier molecular flexibility index (Phi) is 4.88. The normalized spacial score (nSPS) is 11.0. The number of benzene rings is 2. The number of aromatic nitrogens is 4. The van der Waals surface area contributed by atoms with E-state index in [0.717, 1.165) is 46.0 Å². The van der Waals surface area contributed by atoms with Crippen LogP contribution in [-0.2, 0) is 13.6 Å². The minimum atomic E-state index is 0.764. The van der Waals surface area contributed by atoms with Gasteiger partial charge in [-0.15, -0.1) is 0 Å². The minimum absolute atomic E-state index is 0.764. The second kappa shape index (κ2) is 7.99. The SMILES string of the molecule is COc1ccc(Nc2cc3c(cn2)cc(-c2cnn(C)c2)n3Cc2ccccc2)cc1. The third kappa shape index (κ3) is 3.88. The number of nitrogens with zero attached hydrogens (tertiary/aromatic N) is 4. The van der Waals surface area contributed by atoms with E-state index in [-0.39, 0.29) is 0 Å². The van der Waals surface area contributed by atoms with Crippen molar-refractivity contribution in [1.82, 2.24) is 19.3 Å². The van der Waals surface area contributed by atoms with E-state index in [1.807, 2.05) is 60.7 Å². The fraction of sp³-hybridized carbons (Fsp3) is 0.120. The molecular weight excluding hydrogens is 386 g/mol. The lowest BCUT2D eigenvalue weighted by Gasteiger charge is -2.11.